The van der Waals surface area contributed by atoms with Gasteiger partial charge < -0.3 is 5.11 Å². The van der Waals surface area contributed by atoms with Crippen LogP contribution in [0, 0.1) is 5.92 Å². The first-order valence-corrected chi connectivity index (χ1v) is 7.54. The van der Waals surface area contributed by atoms with Gasteiger partial charge in [0.25, 0.3) is 0 Å². The van der Waals surface area contributed by atoms with Crippen molar-refractivity contribution in [1.82, 2.24) is 4.98 Å². The van der Waals surface area contributed by atoms with Gasteiger partial charge in [-0.1, -0.05) is 24.3 Å². The first-order chi connectivity index (χ1) is 9.95. The van der Waals surface area contributed by atoms with Gasteiger partial charge in [0.1, 0.15) is 0 Å². The van der Waals surface area contributed by atoms with Gasteiger partial charge >= 0.3 is 6.18 Å². The summed E-state index contributed by atoms with van der Waals surface area (Å²) >= 11 is 0.537. The van der Waals surface area contributed by atoms with E-state index < -0.39 is 17.3 Å². The predicted molar refractivity (Wildman–Crippen MR) is 74.0 cm³/mol. The molecule has 0 amide bonds. The van der Waals surface area contributed by atoms with Crippen molar-refractivity contribution in [2.24, 2.45) is 5.92 Å². The van der Waals surface area contributed by atoms with Crippen LogP contribution in [-0.2, 0) is 19.0 Å². The third-order valence-corrected chi connectivity index (χ3v) is 5.00. The number of aromatic nitrogens is 1. The Morgan fingerprint density at radius 2 is 1.95 bits per heavy atom. The topological polar surface area (TPSA) is 33.1 Å². The number of rotatable bonds is 2. The summed E-state index contributed by atoms with van der Waals surface area (Å²) in [7, 11) is 0. The highest BCUT2D eigenvalue weighted by Gasteiger charge is 2.36. The summed E-state index contributed by atoms with van der Waals surface area (Å²) in [6.45, 7) is 0. The lowest BCUT2D eigenvalue weighted by molar-refractivity contribution is -0.137. The van der Waals surface area contributed by atoms with Crippen molar-refractivity contribution in [3.05, 3.63) is 51.5 Å². The molecule has 0 fully saturated rings. The van der Waals surface area contributed by atoms with E-state index in [4.69, 9.17) is 0 Å². The molecule has 3 rings (SSSR count). The summed E-state index contributed by atoms with van der Waals surface area (Å²) < 4.78 is 37.7. The Bertz CT molecular complexity index is 638. The van der Waals surface area contributed by atoms with Crippen LogP contribution in [0.15, 0.2) is 30.5 Å². The molecule has 2 nitrogen and oxygen atoms in total. The third kappa shape index (κ3) is 2.96. The van der Waals surface area contributed by atoms with Gasteiger partial charge in [-0.05, 0) is 36.3 Å². The first-order valence-electron chi connectivity index (χ1n) is 6.73. The molecule has 2 atom stereocenters. The fourth-order valence-electron chi connectivity index (χ4n) is 2.78. The fourth-order valence-corrected chi connectivity index (χ4v) is 3.65. The summed E-state index contributed by atoms with van der Waals surface area (Å²) in [5.41, 5.74) is 2.44. The summed E-state index contributed by atoms with van der Waals surface area (Å²) in [4.78, 5) is 3.68. The van der Waals surface area contributed by atoms with Gasteiger partial charge in [0.15, 0.2) is 5.01 Å². The van der Waals surface area contributed by atoms with E-state index in [9.17, 15) is 18.3 Å². The van der Waals surface area contributed by atoms with Gasteiger partial charge in [0.2, 0.25) is 0 Å². The van der Waals surface area contributed by atoms with Crippen molar-refractivity contribution in [3.63, 3.8) is 0 Å². The Morgan fingerprint density at radius 1 is 1.24 bits per heavy atom. The molecule has 21 heavy (non-hydrogen) atoms. The van der Waals surface area contributed by atoms with Crippen LogP contribution in [0.1, 0.15) is 33.5 Å². The minimum Gasteiger partial charge on any atom is -0.387 e. The second-order valence-corrected chi connectivity index (χ2v) is 6.34. The molecule has 112 valence electrons. The van der Waals surface area contributed by atoms with E-state index in [0.717, 1.165) is 19.0 Å². The standard InChI is InChI=1S/C15H14F3NOS/c16-15(17,18)14-19-8-12(21-14)13(20)11-6-5-9-3-1-2-4-10(9)7-11/h1-4,8,11,13,20H,5-7H2. The molecule has 2 aromatic rings. The summed E-state index contributed by atoms with van der Waals surface area (Å²) in [5, 5.41) is 9.46. The van der Waals surface area contributed by atoms with E-state index in [0.29, 0.717) is 22.6 Å². The number of benzene rings is 1. The Morgan fingerprint density at radius 3 is 2.62 bits per heavy atom. The maximum atomic E-state index is 12.6. The highest BCUT2D eigenvalue weighted by atomic mass is 32.1. The number of alkyl halides is 3. The number of aryl methyl sites for hydroxylation is 1. The van der Waals surface area contributed by atoms with E-state index in [2.05, 4.69) is 11.1 Å². The van der Waals surface area contributed by atoms with Gasteiger partial charge in [0.05, 0.1) is 11.0 Å². The molecule has 1 N–H and O–H groups in total. The van der Waals surface area contributed by atoms with Crippen LogP contribution in [0.2, 0.25) is 0 Å². The number of nitrogens with zero attached hydrogens (tertiary/aromatic N) is 1. The Labute approximate surface area is 124 Å². The van der Waals surface area contributed by atoms with E-state index in [1.54, 1.807) is 0 Å². The molecular formula is C15H14F3NOS. The van der Waals surface area contributed by atoms with Crippen LogP contribution in [0.5, 0.6) is 0 Å². The van der Waals surface area contributed by atoms with Crippen molar-refractivity contribution in [3.8, 4) is 0 Å². The predicted octanol–water partition coefficient (Wildman–Crippen LogP) is 4.00. The number of aliphatic hydroxyl groups excluding tert-OH is 1. The van der Waals surface area contributed by atoms with Gasteiger partial charge in [-0.3, -0.25) is 0 Å². The number of hydrogen-bond donors (Lipinski definition) is 1. The zero-order valence-electron chi connectivity index (χ0n) is 11.1. The molecule has 1 aliphatic carbocycles. The Balaban J connectivity index is 1.77. The van der Waals surface area contributed by atoms with Crippen molar-refractivity contribution in [2.45, 2.75) is 31.5 Å². The highest BCUT2D eigenvalue weighted by Crippen LogP contribution is 2.39. The van der Waals surface area contributed by atoms with Gasteiger partial charge in [-0.25, -0.2) is 4.98 Å². The second kappa shape index (κ2) is 5.42. The van der Waals surface area contributed by atoms with Crippen LogP contribution in [-0.4, -0.2) is 10.1 Å². The molecule has 1 aliphatic rings. The summed E-state index contributed by atoms with van der Waals surface area (Å²) in [6, 6.07) is 8.00. The fraction of sp³-hybridized carbons (Fsp3) is 0.400. The van der Waals surface area contributed by atoms with Crippen LogP contribution in [0.25, 0.3) is 0 Å². The molecule has 0 saturated heterocycles. The van der Waals surface area contributed by atoms with Crippen molar-refractivity contribution < 1.29 is 18.3 Å². The Hall–Kier alpha value is -1.40. The van der Waals surface area contributed by atoms with Crippen LogP contribution in [0.4, 0.5) is 13.2 Å². The number of hydrogen-bond acceptors (Lipinski definition) is 3. The number of thiazole rings is 1. The van der Waals surface area contributed by atoms with Crippen LogP contribution < -0.4 is 0 Å². The molecular weight excluding hydrogens is 299 g/mol. The third-order valence-electron chi connectivity index (χ3n) is 3.89. The first kappa shape index (κ1) is 14.5. The molecule has 1 aromatic heterocycles. The molecule has 6 heteroatoms. The quantitative estimate of drug-likeness (QED) is 0.909. The lowest BCUT2D eigenvalue weighted by Gasteiger charge is -2.27. The number of fused-ring (bicyclic) bond motifs is 1. The summed E-state index contributed by atoms with van der Waals surface area (Å²) in [6.07, 6.45) is -1.86. The normalized spacial score (nSPS) is 20.1. The number of halogens is 3. The lowest BCUT2D eigenvalue weighted by Crippen LogP contribution is -2.20. The minimum atomic E-state index is -4.44. The van der Waals surface area contributed by atoms with Crippen molar-refractivity contribution >= 4 is 11.3 Å². The van der Waals surface area contributed by atoms with Crippen molar-refractivity contribution in [2.75, 3.05) is 0 Å². The van der Waals surface area contributed by atoms with Crippen LogP contribution >= 0.6 is 11.3 Å². The summed E-state index contributed by atoms with van der Waals surface area (Å²) in [5.74, 6) is -0.0542. The Kier molecular flexibility index (Phi) is 3.75. The van der Waals surface area contributed by atoms with E-state index in [-0.39, 0.29) is 5.92 Å². The zero-order chi connectivity index (χ0) is 15.0. The average Bonchev–Trinajstić information content (AvgIpc) is 2.96. The molecule has 1 heterocycles. The molecule has 0 radical (unpaired) electrons. The maximum absolute atomic E-state index is 12.6. The van der Waals surface area contributed by atoms with Gasteiger partial charge in [-0.2, -0.15) is 13.2 Å². The molecule has 0 spiro atoms. The highest BCUT2D eigenvalue weighted by molar-refractivity contribution is 7.11. The SMILES string of the molecule is OC(c1cnc(C(F)(F)F)s1)C1CCc2ccccc2C1. The largest absolute Gasteiger partial charge is 0.443 e. The molecule has 0 bridgehead atoms. The zero-order valence-corrected chi connectivity index (χ0v) is 11.9. The molecule has 1 aromatic carbocycles. The van der Waals surface area contributed by atoms with E-state index in [1.165, 1.54) is 11.1 Å². The van der Waals surface area contributed by atoms with E-state index in [1.807, 2.05) is 18.2 Å². The van der Waals surface area contributed by atoms with Gasteiger partial charge in [0, 0.05) is 6.20 Å². The lowest BCUT2D eigenvalue weighted by atomic mass is 9.81. The monoisotopic (exact) mass is 313 g/mol. The molecule has 0 saturated carbocycles. The van der Waals surface area contributed by atoms with E-state index >= 15 is 0 Å². The van der Waals surface area contributed by atoms with Gasteiger partial charge in [-0.15, -0.1) is 11.3 Å². The molecule has 0 aliphatic heterocycles. The average molecular weight is 313 g/mol. The maximum Gasteiger partial charge on any atom is 0.443 e. The van der Waals surface area contributed by atoms with Crippen molar-refractivity contribution in [1.29, 1.82) is 0 Å². The second-order valence-electron chi connectivity index (χ2n) is 5.28. The number of aliphatic hydroxyl groups is 1. The smallest absolute Gasteiger partial charge is 0.387 e. The van der Waals surface area contributed by atoms with Crippen LogP contribution in [0.3, 0.4) is 0 Å². The minimum absolute atomic E-state index is 0.0542. The molecule has 2 unspecified atom stereocenters.